The van der Waals surface area contributed by atoms with Gasteiger partial charge in [0.1, 0.15) is 11.3 Å². The lowest BCUT2D eigenvalue weighted by Gasteiger charge is -2.38. The SMILES string of the molecule is O=C1NC(=O)C2(CCCN(C(=O)c3cncc(O)c3)C2)N1. The van der Waals surface area contributed by atoms with Gasteiger partial charge in [-0.1, -0.05) is 0 Å². The van der Waals surface area contributed by atoms with Crippen molar-refractivity contribution in [3.63, 3.8) is 0 Å². The number of piperidine rings is 1. The number of hydrogen-bond donors (Lipinski definition) is 3. The zero-order chi connectivity index (χ0) is 15.0. The maximum Gasteiger partial charge on any atom is 0.322 e. The predicted octanol–water partition coefficient (Wildman–Crippen LogP) is -0.399. The monoisotopic (exact) mass is 290 g/mol. The van der Waals surface area contributed by atoms with Crippen molar-refractivity contribution in [3.05, 3.63) is 24.0 Å². The van der Waals surface area contributed by atoms with Crippen molar-refractivity contribution in [1.29, 1.82) is 0 Å². The van der Waals surface area contributed by atoms with Crippen LogP contribution in [0.25, 0.3) is 0 Å². The zero-order valence-electron chi connectivity index (χ0n) is 11.1. The van der Waals surface area contributed by atoms with Gasteiger partial charge in [-0.3, -0.25) is 19.9 Å². The maximum absolute atomic E-state index is 12.4. The molecule has 0 bridgehead atoms. The van der Waals surface area contributed by atoms with Crippen molar-refractivity contribution in [1.82, 2.24) is 20.5 Å². The molecule has 0 saturated carbocycles. The molecule has 8 nitrogen and oxygen atoms in total. The van der Waals surface area contributed by atoms with Gasteiger partial charge < -0.3 is 15.3 Å². The molecule has 0 radical (unpaired) electrons. The highest BCUT2D eigenvalue weighted by molar-refractivity contribution is 6.07. The van der Waals surface area contributed by atoms with Crippen molar-refractivity contribution >= 4 is 17.8 Å². The van der Waals surface area contributed by atoms with E-state index in [1.807, 2.05) is 0 Å². The van der Waals surface area contributed by atoms with Crippen LogP contribution in [0, 0.1) is 0 Å². The van der Waals surface area contributed by atoms with Gasteiger partial charge in [0.2, 0.25) is 0 Å². The van der Waals surface area contributed by atoms with Crippen LogP contribution in [0.3, 0.4) is 0 Å². The Hall–Kier alpha value is -2.64. The summed E-state index contributed by atoms with van der Waals surface area (Å²) in [6.07, 6.45) is 3.69. The van der Waals surface area contributed by atoms with E-state index in [-0.39, 0.29) is 23.8 Å². The maximum atomic E-state index is 12.4. The molecule has 3 rings (SSSR count). The Kier molecular flexibility index (Phi) is 3.00. The second-order valence-electron chi connectivity index (χ2n) is 5.25. The number of carbonyl (C=O) groups excluding carboxylic acids is 3. The van der Waals surface area contributed by atoms with Crippen LogP contribution < -0.4 is 10.6 Å². The number of likely N-dealkylation sites (tertiary alicyclic amines) is 1. The molecule has 3 heterocycles. The summed E-state index contributed by atoms with van der Waals surface area (Å²) in [5.74, 6) is -0.829. The smallest absolute Gasteiger partial charge is 0.322 e. The summed E-state index contributed by atoms with van der Waals surface area (Å²) in [6, 6.07) is 0.789. The number of pyridine rings is 1. The number of nitrogens with zero attached hydrogens (tertiary/aromatic N) is 2. The van der Waals surface area contributed by atoms with Crippen molar-refractivity contribution < 1.29 is 19.5 Å². The zero-order valence-corrected chi connectivity index (χ0v) is 11.1. The quantitative estimate of drug-likeness (QED) is 0.609. The molecular weight excluding hydrogens is 276 g/mol. The molecule has 2 aliphatic heterocycles. The van der Waals surface area contributed by atoms with Gasteiger partial charge in [-0.05, 0) is 18.9 Å². The summed E-state index contributed by atoms with van der Waals surface area (Å²) in [5.41, 5.74) is -0.799. The van der Waals surface area contributed by atoms with Crippen LogP contribution in [-0.4, -0.2) is 51.5 Å². The van der Waals surface area contributed by atoms with Crippen LogP contribution in [0.5, 0.6) is 5.75 Å². The fourth-order valence-corrected chi connectivity index (χ4v) is 2.77. The van der Waals surface area contributed by atoms with Crippen LogP contribution in [0.4, 0.5) is 4.79 Å². The number of urea groups is 1. The van der Waals surface area contributed by atoms with E-state index in [1.54, 1.807) is 0 Å². The molecule has 1 aromatic rings. The molecule has 0 aliphatic carbocycles. The van der Waals surface area contributed by atoms with E-state index in [0.717, 1.165) is 0 Å². The van der Waals surface area contributed by atoms with Crippen molar-refractivity contribution in [2.45, 2.75) is 18.4 Å². The predicted molar refractivity (Wildman–Crippen MR) is 70.4 cm³/mol. The topological polar surface area (TPSA) is 112 Å². The third-order valence-electron chi connectivity index (χ3n) is 3.76. The van der Waals surface area contributed by atoms with Crippen molar-refractivity contribution in [3.8, 4) is 5.75 Å². The molecule has 1 spiro atoms. The van der Waals surface area contributed by atoms with Crippen LogP contribution in [0.15, 0.2) is 18.5 Å². The summed E-state index contributed by atoms with van der Waals surface area (Å²) in [5, 5.41) is 14.2. The summed E-state index contributed by atoms with van der Waals surface area (Å²) in [4.78, 5) is 40.9. The van der Waals surface area contributed by atoms with E-state index in [9.17, 15) is 19.5 Å². The second-order valence-corrected chi connectivity index (χ2v) is 5.25. The van der Waals surface area contributed by atoms with E-state index in [1.165, 1.54) is 23.4 Å². The van der Waals surface area contributed by atoms with Crippen molar-refractivity contribution in [2.75, 3.05) is 13.1 Å². The molecule has 2 aliphatic rings. The van der Waals surface area contributed by atoms with Gasteiger partial charge in [0.05, 0.1) is 18.3 Å². The summed E-state index contributed by atoms with van der Waals surface area (Å²) < 4.78 is 0. The Labute approximate surface area is 120 Å². The first kappa shape index (κ1) is 13.3. The molecule has 110 valence electrons. The minimum Gasteiger partial charge on any atom is -0.506 e. The lowest BCUT2D eigenvalue weighted by molar-refractivity contribution is -0.125. The highest BCUT2D eigenvalue weighted by atomic mass is 16.3. The molecule has 2 saturated heterocycles. The number of amides is 4. The minimum atomic E-state index is -1.05. The van der Waals surface area contributed by atoms with Gasteiger partial charge in [-0.25, -0.2) is 4.79 Å². The number of nitrogens with one attached hydrogen (secondary N) is 2. The Balaban J connectivity index is 1.82. The van der Waals surface area contributed by atoms with Gasteiger partial charge in [0, 0.05) is 12.7 Å². The van der Waals surface area contributed by atoms with Gasteiger partial charge in [0.15, 0.2) is 0 Å². The Morgan fingerprint density at radius 1 is 1.38 bits per heavy atom. The fraction of sp³-hybridized carbons (Fsp3) is 0.385. The molecule has 1 aromatic heterocycles. The number of imide groups is 1. The molecule has 8 heteroatoms. The number of aromatic hydroxyl groups is 1. The second kappa shape index (κ2) is 4.72. The summed E-state index contributed by atoms with van der Waals surface area (Å²) in [6.45, 7) is 0.596. The normalized spacial score (nSPS) is 24.9. The van der Waals surface area contributed by atoms with Crippen LogP contribution in [0.1, 0.15) is 23.2 Å². The number of hydrogen-bond acceptors (Lipinski definition) is 5. The first-order chi connectivity index (χ1) is 10.00. The fourth-order valence-electron chi connectivity index (χ4n) is 2.77. The molecular formula is C13H14N4O4. The van der Waals surface area contributed by atoms with Crippen LogP contribution >= 0.6 is 0 Å². The first-order valence-electron chi connectivity index (χ1n) is 6.57. The molecule has 1 unspecified atom stereocenters. The number of aromatic nitrogens is 1. The standard InChI is InChI=1S/C13H14N4O4/c18-9-4-8(5-14-6-9)10(19)17-3-1-2-13(7-17)11(20)15-12(21)16-13/h4-6,18H,1-3,7H2,(H2,15,16,20,21). The Morgan fingerprint density at radius 3 is 2.86 bits per heavy atom. The molecule has 4 amide bonds. The third-order valence-corrected chi connectivity index (χ3v) is 3.76. The van der Waals surface area contributed by atoms with Gasteiger partial charge in [0.25, 0.3) is 11.8 Å². The molecule has 3 N–H and O–H groups in total. The third kappa shape index (κ3) is 2.28. The Bertz CT molecular complexity index is 632. The van der Waals surface area contributed by atoms with E-state index in [0.29, 0.717) is 19.4 Å². The highest BCUT2D eigenvalue weighted by Crippen LogP contribution is 2.25. The van der Waals surface area contributed by atoms with E-state index in [2.05, 4.69) is 15.6 Å². The summed E-state index contributed by atoms with van der Waals surface area (Å²) >= 11 is 0. The van der Waals surface area contributed by atoms with Crippen LogP contribution in [0.2, 0.25) is 0 Å². The van der Waals surface area contributed by atoms with Gasteiger partial charge >= 0.3 is 6.03 Å². The minimum absolute atomic E-state index is 0.0977. The summed E-state index contributed by atoms with van der Waals surface area (Å²) in [7, 11) is 0. The molecule has 2 fully saturated rings. The molecule has 0 aromatic carbocycles. The van der Waals surface area contributed by atoms with Gasteiger partial charge in [-0.15, -0.1) is 0 Å². The lowest BCUT2D eigenvalue weighted by atomic mass is 9.89. The van der Waals surface area contributed by atoms with E-state index in [4.69, 9.17) is 0 Å². The van der Waals surface area contributed by atoms with Gasteiger partial charge in [-0.2, -0.15) is 0 Å². The highest BCUT2D eigenvalue weighted by Gasteiger charge is 2.49. The van der Waals surface area contributed by atoms with Crippen LogP contribution in [-0.2, 0) is 4.79 Å². The molecule has 1 atom stereocenters. The molecule has 21 heavy (non-hydrogen) atoms. The number of rotatable bonds is 1. The Morgan fingerprint density at radius 2 is 2.19 bits per heavy atom. The average molecular weight is 290 g/mol. The number of carbonyl (C=O) groups is 3. The first-order valence-corrected chi connectivity index (χ1v) is 6.57. The van der Waals surface area contributed by atoms with E-state index < -0.39 is 17.5 Å². The lowest BCUT2D eigenvalue weighted by Crippen LogP contribution is -2.59. The largest absolute Gasteiger partial charge is 0.506 e. The van der Waals surface area contributed by atoms with E-state index >= 15 is 0 Å². The average Bonchev–Trinajstić information content (AvgIpc) is 2.72. The van der Waals surface area contributed by atoms with Crippen molar-refractivity contribution in [2.24, 2.45) is 0 Å².